The van der Waals surface area contributed by atoms with E-state index in [0.29, 0.717) is 16.3 Å². The summed E-state index contributed by atoms with van der Waals surface area (Å²) in [5.74, 6) is -0.127. The van der Waals surface area contributed by atoms with Crippen molar-refractivity contribution < 1.29 is 19.1 Å². The molecule has 162 valence electrons. The van der Waals surface area contributed by atoms with Crippen molar-refractivity contribution in [3.05, 3.63) is 69.0 Å². The minimum Gasteiger partial charge on any atom is -0.483 e. The summed E-state index contributed by atoms with van der Waals surface area (Å²) in [6, 6.07) is 15.3. The van der Waals surface area contributed by atoms with Crippen LogP contribution in [0.4, 0.5) is 5.00 Å². The van der Waals surface area contributed by atoms with Gasteiger partial charge in [0.25, 0.3) is 5.91 Å². The van der Waals surface area contributed by atoms with Crippen molar-refractivity contribution in [3.8, 4) is 16.9 Å². The van der Waals surface area contributed by atoms with E-state index < -0.39 is 5.97 Å². The molecule has 0 fully saturated rings. The zero-order valence-electron chi connectivity index (χ0n) is 17.7. The van der Waals surface area contributed by atoms with Crippen molar-refractivity contribution in [2.45, 2.75) is 27.2 Å². The number of amides is 1. The lowest BCUT2D eigenvalue weighted by Crippen LogP contribution is -2.21. The van der Waals surface area contributed by atoms with E-state index in [4.69, 9.17) is 9.47 Å². The van der Waals surface area contributed by atoms with Gasteiger partial charge in [0.05, 0.1) is 6.61 Å². The van der Waals surface area contributed by atoms with E-state index in [1.807, 2.05) is 62.4 Å². The Morgan fingerprint density at radius 3 is 2.52 bits per heavy atom. The van der Waals surface area contributed by atoms with Gasteiger partial charge in [0, 0.05) is 14.9 Å². The molecule has 0 saturated carbocycles. The van der Waals surface area contributed by atoms with E-state index in [2.05, 4.69) is 21.2 Å². The van der Waals surface area contributed by atoms with Crippen molar-refractivity contribution in [1.29, 1.82) is 0 Å². The lowest BCUT2D eigenvalue weighted by atomic mass is 10.0. The lowest BCUT2D eigenvalue weighted by molar-refractivity contribution is -0.118. The van der Waals surface area contributed by atoms with Gasteiger partial charge in [-0.15, -0.1) is 11.3 Å². The van der Waals surface area contributed by atoms with Crippen LogP contribution in [0.5, 0.6) is 5.75 Å². The van der Waals surface area contributed by atoms with Crippen molar-refractivity contribution >= 4 is 44.1 Å². The molecule has 1 N–H and O–H groups in total. The van der Waals surface area contributed by atoms with E-state index >= 15 is 0 Å². The molecule has 7 heteroatoms. The van der Waals surface area contributed by atoms with Crippen molar-refractivity contribution in [2.24, 2.45) is 0 Å². The first-order valence-electron chi connectivity index (χ1n) is 10.0. The van der Waals surface area contributed by atoms with E-state index in [1.54, 1.807) is 6.92 Å². The summed E-state index contributed by atoms with van der Waals surface area (Å²) in [5.41, 5.74) is 3.06. The Morgan fingerprint density at radius 1 is 1.10 bits per heavy atom. The van der Waals surface area contributed by atoms with Crippen LogP contribution >= 0.6 is 27.3 Å². The average Bonchev–Trinajstić information content (AvgIpc) is 3.09. The van der Waals surface area contributed by atoms with Crippen molar-refractivity contribution in [1.82, 2.24) is 0 Å². The van der Waals surface area contributed by atoms with Gasteiger partial charge in [-0.1, -0.05) is 53.2 Å². The number of carbonyl (C=O) groups is 2. The molecule has 0 aliphatic heterocycles. The second-order valence-electron chi connectivity index (χ2n) is 6.77. The number of hydrogen-bond donors (Lipinski definition) is 1. The van der Waals surface area contributed by atoms with E-state index in [1.165, 1.54) is 11.3 Å². The molecule has 0 saturated heterocycles. The molecule has 3 aromatic rings. The number of rotatable bonds is 8. The first-order valence-corrected chi connectivity index (χ1v) is 11.6. The van der Waals surface area contributed by atoms with Gasteiger partial charge in [0.2, 0.25) is 0 Å². The molecule has 3 rings (SSSR count). The largest absolute Gasteiger partial charge is 0.483 e. The van der Waals surface area contributed by atoms with Crippen molar-refractivity contribution in [2.75, 3.05) is 18.5 Å². The van der Waals surface area contributed by atoms with Crippen LogP contribution in [0.1, 0.15) is 34.6 Å². The molecule has 1 amide bonds. The predicted molar refractivity (Wildman–Crippen MR) is 128 cm³/mol. The number of anilines is 1. The van der Waals surface area contributed by atoms with Crippen LogP contribution in [-0.2, 0) is 16.0 Å². The third kappa shape index (κ3) is 5.54. The Labute approximate surface area is 194 Å². The van der Waals surface area contributed by atoms with Crippen molar-refractivity contribution in [3.63, 3.8) is 0 Å². The number of ether oxygens (including phenoxy) is 2. The Balaban J connectivity index is 1.84. The molecule has 0 radical (unpaired) electrons. The van der Waals surface area contributed by atoms with Crippen LogP contribution < -0.4 is 10.1 Å². The van der Waals surface area contributed by atoms with Gasteiger partial charge in [-0.05, 0) is 49.6 Å². The van der Waals surface area contributed by atoms with Gasteiger partial charge in [-0.25, -0.2) is 4.79 Å². The first-order chi connectivity index (χ1) is 14.9. The fourth-order valence-electron chi connectivity index (χ4n) is 3.25. The monoisotopic (exact) mass is 501 g/mol. The highest BCUT2D eigenvalue weighted by atomic mass is 79.9. The van der Waals surface area contributed by atoms with Crippen LogP contribution in [0.2, 0.25) is 0 Å². The summed E-state index contributed by atoms with van der Waals surface area (Å²) < 4.78 is 12.0. The lowest BCUT2D eigenvalue weighted by Gasteiger charge is -2.12. The summed E-state index contributed by atoms with van der Waals surface area (Å²) in [6.07, 6.45) is 0.786. The van der Waals surface area contributed by atoms with Gasteiger partial charge in [-0.3, -0.25) is 4.79 Å². The number of halogens is 1. The molecule has 0 spiro atoms. The highest BCUT2D eigenvalue weighted by molar-refractivity contribution is 9.10. The molecule has 0 bridgehead atoms. The van der Waals surface area contributed by atoms with Crippen LogP contribution in [0.15, 0.2) is 53.0 Å². The topological polar surface area (TPSA) is 64.6 Å². The van der Waals surface area contributed by atoms with Gasteiger partial charge in [-0.2, -0.15) is 0 Å². The predicted octanol–water partition coefficient (Wildman–Crippen LogP) is 6.24. The van der Waals surface area contributed by atoms with Crippen LogP contribution in [0.25, 0.3) is 11.1 Å². The Bertz CT molecular complexity index is 1080. The number of esters is 1. The minimum absolute atomic E-state index is 0.158. The molecule has 0 unspecified atom stereocenters. The molecule has 2 aromatic carbocycles. The molecule has 0 aliphatic rings. The van der Waals surface area contributed by atoms with Crippen LogP contribution in [0.3, 0.4) is 0 Å². The zero-order chi connectivity index (χ0) is 22.4. The highest BCUT2D eigenvalue weighted by Gasteiger charge is 2.25. The summed E-state index contributed by atoms with van der Waals surface area (Å²) >= 11 is 4.80. The fourth-order valence-corrected chi connectivity index (χ4v) is 4.74. The summed E-state index contributed by atoms with van der Waals surface area (Å²) in [7, 11) is 0. The normalized spacial score (nSPS) is 10.6. The first kappa shape index (κ1) is 23.0. The van der Waals surface area contributed by atoms with Gasteiger partial charge < -0.3 is 14.8 Å². The minimum atomic E-state index is -0.455. The maximum absolute atomic E-state index is 12.7. The third-order valence-electron chi connectivity index (χ3n) is 4.64. The average molecular weight is 502 g/mol. The highest BCUT2D eigenvalue weighted by Crippen LogP contribution is 2.40. The number of aryl methyl sites for hydroxylation is 2. The van der Waals surface area contributed by atoms with Gasteiger partial charge in [0.15, 0.2) is 6.61 Å². The third-order valence-corrected chi connectivity index (χ3v) is 6.16. The molecule has 0 aliphatic carbocycles. The standard InChI is InChI=1S/C24H24BrNO4S/c1-4-16-13-18(25)11-12-19(16)30-14-20(27)26-23-22(24(28)29-5-2)21(15(3)31-23)17-9-7-6-8-10-17/h6-13H,4-5,14H2,1-3H3,(H,26,27). The fraction of sp³-hybridized carbons (Fsp3) is 0.250. The quantitative estimate of drug-likeness (QED) is 0.370. The SMILES string of the molecule is CCOC(=O)c1c(NC(=O)COc2ccc(Br)cc2CC)sc(C)c1-c1ccccc1. The molecular formula is C24H24BrNO4S. The zero-order valence-corrected chi connectivity index (χ0v) is 20.1. The maximum atomic E-state index is 12.7. The Morgan fingerprint density at radius 2 is 1.84 bits per heavy atom. The van der Waals surface area contributed by atoms with Crippen LogP contribution in [-0.4, -0.2) is 25.1 Å². The maximum Gasteiger partial charge on any atom is 0.341 e. The van der Waals surface area contributed by atoms with E-state index in [9.17, 15) is 9.59 Å². The van der Waals surface area contributed by atoms with Crippen LogP contribution in [0, 0.1) is 6.92 Å². The molecular weight excluding hydrogens is 478 g/mol. The Kier molecular flexibility index (Phi) is 7.87. The molecule has 1 aromatic heterocycles. The second kappa shape index (κ2) is 10.6. The molecule has 0 atom stereocenters. The summed E-state index contributed by atoms with van der Waals surface area (Å²) in [5, 5.41) is 3.31. The summed E-state index contributed by atoms with van der Waals surface area (Å²) in [4.78, 5) is 26.3. The number of carbonyl (C=O) groups excluding carboxylic acids is 2. The Hall–Kier alpha value is -2.64. The van der Waals surface area contributed by atoms with E-state index in [0.717, 1.165) is 32.5 Å². The van der Waals surface area contributed by atoms with Gasteiger partial charge >= 0.3 is 5.97 Å². The number of benzene rings is 2. The smallest absolute Gasteiger partial charge is 0.341 e. The molecule has 31 heavy (non-hydrogen) atoms. The summed E-state index contributed by atoms with van der Waals surface area (Å²) in [6.45, 7) is 5.81. The van der Waals surface area contributed by atoms with Gasteiger partial charge in [0.1, 0.15) is 16.3 Å². The number of hydrogen-bond acceptors (Lipinski definition) is 5. The number of nitrogens with one attached hydrogen (secondary N) is 1. The molecule has 1 heterocycles. The second-order valence-corrected chi connectivity index (χ2v) is 8.91. The molecule has 5 nitrogen and oxygen atoms in total. The van der Waals surface area contributed by atoms with E-state index in [-0.39, 0.29) is 19.1 Å². The number of thiophene rings is 1.